The molecular formula is C7H10O4S2-2. The van der Waals surface area contributed by atoms with Crippen LogP contribution in [0.25, 0.3) is 0 Å². The predicted octanol–water partition coefficient (Wildman–Crippen LogP) is -1.31. The molecule has 4 nitrogen and oxygen atoms in total. The van der Waals surface area contributed by atoms with E-state index in [1.165, 1.54) is 13.8 Å². The van der Waals surface area contributed by atoms with Crippen molar-refractivity contribution in [2.24, 2.45) is 0 Å². The average molecular weight is 222 g/mol. The summed E-state index contributed by atoms with van der Waals surface area (Å²) in [6.07, 6.45) is 0. The van der Waals surface area contributed by atoms with Gasteiger partial charge in [0.25, 0.3) is 0 Å². The molecule has 0 bridgehead atoms. The van der Waals surface area contributed by atoms with Gasteiger partial charge in [-0.1, -0.05) is 0 Å². The van der Waals surface area contributed by atoms with Crippen LogP contribution in [0, 0.1) is 0 Å². The average Bonchev–Trinajstić information content (AvgIpc) is 2.03. The highest BCUT2D eigenvalue weighted by Gasteiger charge is 2.06. The van der Waals surface area contributed by atoms with Crippen LogP contribution in [-0.2, 0) is 9.59 Å². The van der Waals surface area contributed by atoms with Crippen LogP contribution >= 0.6 is 23.5 Å². The van der Waals surface area contributed by atoms with Crippen molar-refractivity contribution < 1.29 is 19.8 Å². The Morgan fingerprint density at radius 3 is 1.62 bits per heavy atom. The molecule has 6 heteroatoms. The molecule has 0 aromatic rings. The van der Waals surface area contributed by atoms with Crippen LogP contribution in [0.4, 0.5) is 0 Å². The van der Waals surface area contributed by atoms with Crippen LogP contribution in [0.2, 0.25) is 0 Å². The van der Waals surface area contributed by atoms with Crippen molar-refractivity contribution in [3.8, 4) is 0 Å². The fraction of sp³-hybridized carbons (Fsp3) is 0.714. The minimum Gasteiger partial charge on any atom is -0.549 e. The third-order valence-corrected chi connectivity index (χ3v) is 3.77. The van der Waals surface area contributed by atoms with Crippen LogP contribution in [-0.4, -0.2) is 27.5 Å². The van der Waals surface area contributed by atoms with Gasteiger partial charge in [0.1, 0.15) is 0 Å². The highest BCUT2D eigenvalue weighted by molar-refractivity contribution is 8.17. The summed E-state index contributed by atoms with van der Waals surface area (Å²) < 4.78 is 0. The van der Waals surface area contributed by atoms with E-state index in [9.17, 15) is 19.8 Å². The van der Waals surface area contributed by atoms with Crippen molar-refractivity contribution in [3.05, 3.63) is 0 Å². The van der Waals surface area contributed by atoms with Gasteiger partial charge >= 0.3 is 0 Å². The summed E-state index contributed by atoms with van der Waals surface area (Å²) in [4.78, 5) is 20.5. The second kappa shape index (κ2) is 6.15. The zero-order valence-corrected chi connectivity index (χ0v) is 8.94. The minimum atomic E-state index is -1.13. The fourth-order valence-electron chi connectivity index (χ4n) is 0.379. The number of carbonyl (C=O) groups is 2. The van der Waals surface area contributed by atoms with Gasteiger partial charge in [0, 0.05) is 15.6 Å². The Balaban J connectivity index is 3.56. The second-order valence-electron chi connectivity index (χ2n) is 2.37. The zero-order valence-electron chi connectivity index (χ0n) is 7.31. The minimum absolute atomic E-state index is 0.407. The summed E-state index contributed by atoms with van der Waals surface area (Å²) in [7, 11) is 0. The maximum Gasteiger partial charge on any atom is 0.0542 e. The van der Waals surface area contributed by atoms with E-state index < -0.39 is 22.4 Å². The van der Waals surface area contributed by atoms with Gasteiger partial charge in [0.15, 0.2) is 0 Å². The predicted molar refractivity (Wildman–Crippen MR) is 49.0 cm³/mol. The van der Waals surface area contributed by atoms with Gasteiger partial charge in [0.2, 0.25) is 0 Å². The molecule has 0 fully saturated rings. The van der Waals surface area contributed by atoms with Gasteiger partial charge in [0.05, 0.1) is 11.9 Å². The second-order valence-corrected chi connectivity index (χ2v) is 5.40. The Morgan fingerprint density at radius 1 is 1.08 bits per heavy atom. The summed E-state index contributed by atoms with van der Waals surface area (Å²) in [5.74, 6) is -2.27. The SMILES string of the molecule is C[C@H](SCS[C@@H](C)C(=O)[O-])C(=O)[O-]. The van der Waals surface area contributed by atoms with Gasteiger partial charge in [-0.05, 0) is 13.8 Å². The molecule has 0 unspecified atom stereocenters. The molecule has 0 saturated heterocycles. The van der Waals surface area contributed by atoms with Crippen LogP contribution < -0.4 is 10.2 Å². The standard InChI is InChI=1S/C7H12O4S2/c1-4(6(8)9)12-3-13-5(2)7(10)11/h4-5H,3H2,1-2H3,(H,8,9)(H,10,11)/p-2/t4-,5-/m0/s1. The number of hydrogen-bond donors (Lipinski definition) is 0. The lowest BCUT2D eigenvalue weighted by Gasteiger charge is -2.14. The number of carboxylic acids is 2. The Labute approximate surface area is 85.1 Å². The third-order valence-electron chi connectivity index (χ3n) is 1.30. The lowest BCUT2D eigenvalue weighted by atomic mass is 10.5. The molecule has 0 saturated carbocycles. The molecule has 0 amide bonds. The Bertz CT molecular complexity index is 175. The summed E-state index contributed by atoms with van der Waals surface area (Å²) in [5.41, 5.74) is 0. The lowest BCUT2D eigenvalue weighted by molar-refractivity contribution is -0.305. The smallest absolute Gasteiger partial charge is 0.0542 e. The molecule has 0 aliphatic heterocycles. The van der Waals surface area contributed by atoms with Crippen molar-refractivity contribution in [3.63, 3.8) is 0 Å². The van der Waals surface area contributed by atoms with E-state index in [-0.39, 0.29) is 0 Å². The van der Waals surface area contributed by atoms with Crippen molar-refractivity contribution in [2.75, 3.05) is 5.08 Å². The molecule has 13 heavy (non-hydrogen) atoms. The van der Waals surface area contributed by atoms with Crippen LogP contribution in [0.5, 0.6) is 0 Å². The van der Waals surface area contributed by atoms with E-state index in [0.717, 1.165) is 23.5 Å². The Morgan fingerprint density at radius 2 is 1.38 bits per heavy atom. The molecule has 0 aromatic heterocycles. The van der Waals surface area contributed by atoms with E-state index >= 15 is 0 Å². The molecule has 0 heterocycles. The van der Waals surface area contributed by atoms with Gasteiger partial charge < -0.3 is 19.8 Å². The number of hydrogen-bond acceptors (Lipinski definition) is 6. The normalized spacial score (nSPS) is 14.9. The number of aliphatic carboxylic acids is 2. The van der Waals surface area contributed by atoms with E-state index in [1.54, 1.807) is 0 Å². The van der Waals surface area contributed by atoms with Crippen molar-refractivity contribution in [1.29, 1.82) is 0 Å². The first kappa shape index (κ1) is 12.6. The number of carbonyl (C=O) groups excluding carboxylic acids is 2. The van der Waals surface area contributed by atoms with Gasteiger partial charge in [-0.15, -0.1) is 23.5 Å². The molecule has 0 aromatic carbocycles. The van der Waals surface area contributed by atoms with Gasteiger partial charge in [-0.2, -0.15) is 0 Å². The van der Waals surface area contributed by atoms with Crippen LogP contribution in [0.1, 0.15) is 13.8 Å². The first-order valence-electron chi connectivity index (χ1n) is 3.60. The molecule has 0 rings (SSSR count). The molecule has 0 radical (unpaired) electrons. The molecule has 0 spiro atoms. The topological polar surface area (TPSA) is 80.3 Å². The van der Waals surface area contributed by atoms with Crippen LogP contribution in [0.15, 0.2) is 0 Å². The molecule has 2 atom stereocenters. The number of thioether (sulfide) groups is 2. The number of rotatable bonds is 6. The zero-order chi connectivity index (χ0) is 10.4. The largest absolute Gasteiger partial charge is 0.549 e. The van der Waals surface area contributed by atoms with E-state index in [1.807, 2.05) is 0 Å². The van der Waals surface area contributed by atoms with Crippen molar-refractivity contribution >= 4 is 35.5 Å². The molecule has 0 N–H and O–H groups in total. The van der Waals surface area contributed by atoms with E-state index in [2.05, 4.69) is 0 Å². The highest BCUT2D eigenvalue weighted by atomic mass is 32.2. The first-order valence-corrected chi connectivity index (χ1v) is 5.69. The van der Waals surface area contributed by atoms with E-state index in [0.29, 0.717) is 5.08 Å². The maximum absolute atomic E-state index is 10.2. The Kier molecular flexibility index (Phi) is 5.98. The quantitative estimate of drug-likeness (QED) is 0.519. The molecular weight excluding hydrogens is 212 g/mol. The summed E-state index contributed by atoms with van der Waals surface area (Å²) in [5, 5.41) is 19.7. The molecule has 0 aliphatic rings. The molecule has 76 valence electrons. The highest BCUT2D eigenvalue weighted by Crippen LogP contribution is 2.20. The maximum atomic E-state index is 10.2. The summed E-state index contributed by atoms with van der Waals surface area (Å²) >= 11 is 2.28. The third kappa shape index (κ3) is 5.81. The van der Waals surface area contributed by atoms with Gasteiger partial charge in [-0.25, -0.2) is 0 Å². The number of carboxylic acid groups (broad SMARTS) is 2. The van der Waals surface area contributed by atoms with E-state index in [4.69, 9.17) is 0 Å². The Hall–Kier alpha value is -0.360. The first-order chi connectivity index (χ1) is 5.95. The molecule has 0 aliphatic carbocycles. The lowest BCUT2D eigenvalue weighted by Crippen LogP contribution is -2.32. The van der Waals surface area contributed by atoms with Crippen LogP contribution in [0.3, 0.4) is 0 Å². The van der Waals surface area contributed by atoms with Crippen molar-refractivity contribution in [2.45, 2.75) is 24.3 Å². The van der Waals surface area contributed by atoms with Gasteiger partial charge in [-0.3, -0.25) is 0 Å². The fourth-order valence-corrected chi connectivity index (χ4v) is 2.60. The summed E-state index contributed by atoms with van der Waals surface area (Å²) in [6.45, 7) is 3.01. The monoisotopic (exact) mass is 222 g/mol. The summed E-state index contributed by atoms with van der Waals surface area (Å²) in [6, 6.07) is 0. The van der Waals surface area contributed by atoms with Crippen molar-refractivity contribution in [1.82, 2.24) is 0 Å².